The van der Waals surface area contributed by atoms with Gasteiger partial charge in [0.15, 0.2) is 11.5 Å². The average Bonchev–Trinajstić information content (AvgIpc) is 3.15. The number of ether oxygens (including phenoxy) is 2. The first-order chi connectivity index (χ1) is 17.5. The number of carbonyl (C=O) groups excluding carboxylic acids is 2. The van der Waals surface area contributed by atoms with Crippen molar-refractivity contribution in [2.45, 2.75) is 13.2 Å². The third-order valence-corrected chi connectivity index (χ3v) is 7.25. The van der Waals surface area contributed by atoms with Crippen molar-refractivity contribution >= 4 is 55.7 Å². The zero-order valence-electron chi connectivity index (χ0n) is 19.4. The summed E-state index contributed by atoms with van der Waals surface area (Å²) in [4.78, 5) is 27.1. The van der Waals surface area contributed by atoms with Crippen molar-refractivity contribution in [3.63, 3.8) is 0 Å². The number of halogens is 1. The van der Waals surface area contributed by atoms with Crippen LogP contribution in [0, 0.1) is 0 Å². The molecule has 0 saturated carbocycles. The van der Waals surface area contributed by atoms with E-state index in [2.05, 4.69) is 34.1 Å². The minimum Gasteiger partial charge on any atom is -0.493 e. The third-order valence-electron chi connectivity index (χ3n) is 5.85. The Morgan fingerprint density at radius 3 is 2.56 bits per heavy atom. The first-order valence-electron chi connectivity index (χ1n) is 11.3. The molecule has 1 aliphatic heterocycles. The molecule has 4 aromatic rings. The van der Waals surface area contributed by atoms with E-state index in [4.69, 9.17) is 9.47 Å². The molecule has 5 rings (SSSR count). The third kappa shape index (κ3) is 5.17. The molecular formula is C29H22BrNO4S. The van der Waals surface area contributed by atoms with Gasteiger partial charge in [-0.2, -0.15) is 0 Å². The number of rotatable bonds is 7. The van der Waals surface area contributed by atoms with Crippen LogP contribution in [-0.2, 0) is 17.9 Å². The minimum atomic E-state index is -0.305. The van der Waals surface area contributed by atoms with E-state index in [-0.39, 0.29) is 17.7 Å². The number of nitrogens with zero attached hydrogens (tertiary/aromatic N) is 1. The van der Waals surface area contributed by atoms with Crippen LogP contribution in [0.1, 0.15) is 16.7 Å². The highest BCUT2D eigenvalue weighted by atomic mass is 79.9. The number of hydrogen-bond donors (Lipinski definition) is 0. The van der Waals surface area contributed by atoms with E-state index in [1.165, 1.54) is 4.90 Å². The Bertz CT molecular complexity index is 1490. The summed E-state index contributed by atoms with van der Waals surface area (Å²) in [6.07, 6.45) is 1.71. The first kappa shape index (κ1) is 24.2. The quantitative estimate of drug-likeness (QED) is 0.220. The fourth-order valence-corrected chi connectivity index (χ4v) is 5.36. The fourth-order valence-electron chi connectivity index (χ4n) is 4.07. The number of methoxy groups -OCH3 is 1. The second-order valence-corrected chi connectivity index (χ2v) is 10.1. The van der Waals surface area contributed by atoms with Crippen molar-refractivity contribution in [3.8, 4) is 11.5 Å². The number of hydrogen-bond acceptors (Lipinski definition) is 5. The average molecular weight is 560 g/mol. The molecule has 4 aromatic carbocycles. The van der Waals surface area contributed by atoms with Crippen LogP contribution in [0.4, 0.5) is 4.79 Å². The van der Waals surface area contributed by atoms with E-state index in [9.17, 15) is 9.59 Å². The van der Waals surface area contributed by atoms with E-state index in [0.29, 0.717) is 23.0 Å². The zero-order chi connectivity index (χ0) is 25.1. The number of imide groups is 1. The monoisotopic (exact) mass is 559 g/mol. The molecule has 0 unspecified atom stereocenters. The number of amides is 2. The van der Waals surface area contributed by atoms with Crippen molar-refractivity contribution in [1.82, 2.24) is 4.90 Å². The maximum atomic E-state index is 12.9. The van der Waals surface area contributed by atoms with E-state index >= 15 is 0 Å². The summed E-state index contributed by atoms with van der Waals surface area (Å²) in [5.74, 6) is 0.850. The molecule has 1 heterocycles. The lowest BCUT2D eigenvalue weighted by atomic mass is 10.1. The molecule has 1 fully saturated rings. The topological polar surface area (TPSA) is 55.8 Å². The van der Waals surface area contributed by atoms with Crippen LogP contribution in [0.5, 0.6) is 11.5 Å². The van der Waals surface area contributed by atoms with Crippen LogP contribution in [-0.4, -0.2) is 23.2 Å². The van der Waals surface area contributed by atoms with Gasteiger partial charge >= 0.3 is 0 Å². The van der Waals surface area contributed by atoms with Gasteiger partial charge in [-0.3, -0.25) is 14.5 Å². The van der Waals surface area contributed by atoms with Gasteiger partial charge in [-0.1, -0.05) is 76.6 Å². The van der Waals surface area contributed by atoms with E-state index in [1.807, 2.05) is 60.7 Å². The number of thioether (sulfide) groups is 1. The summed E-state index contributed by atoms with van der Waals surface area (Å²) in [5.41, 5.74) is 2.71. The van der Waals surface area contributed by atoms with Crippen molar-refractivity contribution < 1.29 is 19.1 Å². The standard InChI is InChI=1S/C29H22BrNO4S/c1-34-26-15-19(12-13-25(26)35-18-22-9-5-8-21-7-2-3-11-24(21)22)16-27-28(32)31(29(33)36-27)17-20-6-4-10-23(30)14-20/h2-16H,17-18H2,1H3/b27-16+. The van der Waals surface area contributed by atoms with Crippen molar-refractivity contribution in [1.29, 1.82) is 0 Å². The summed E-state index contributed by atoms with van der Waals surface area (Å²) < 4.78 is 12.6. The highest BCUT2D eigenvalue weighted by Gasteiger charge is 2.35. The molecule has 2 amide bonds. The Labute approximate surface area is 221 Å². The summed E-state index contributed by atoms with van der Waals surface area (Å²) in [6, 6.07) is 27.4. The predicted octanol–water partition coefficient (Wildman–Crippen LogP) is 7.43. The lowest BCUT2D eigenvalue weighted by Gasteiger charge is -2.13. The van der Waals surface area contributed by atoms with Gasteiger partial charge in [0.2, 0.25) is 0 Å². The number of carbonyl (C=O) groups is 2. The van der Waals surface area contributed by atoms with Crippen LogP contribution >= 0.6 is 27.7 Å². The minimum absolute atomic E-state index is 0.228. The summed E-state index contributed by atoms with van der Waals surface area (Å²) in [6.45, 7) is 0.622. The van der Waals surface area contributed by atoms with Gasteiger partial charge in [-0.05, 0) is 69.6 Å². The SMILES string of the molecule is COc1cc(/C=C2/SC(=O)N(Cc3cccc(Br)c3)C2=O)ccc1OCc1cccc2ccccc12. The lowest BCUT2D eigenvalue weighted by Crippen LogP contribution is -2.27. The molecule has 0 radical (unpaired) electrons. The van der Waals surface area contributed by atoms with Gasteiger partial charge in [0.25, 0.3) is 11.1 Å². The van der Waals surface area contributed by atoms with Gasteiger partial charge in [0.05, 0.1) is 18.6 Å². The van der Waals surface area contributed by atoms with Crippen LogP contribution in [0.25, 0.3) is 16.8 Å². The summed E-state index contributed by atoms with van der Waals surface area (Å²) in [7, 11) is 1.58. The highest BCUT2D eigenvalue weighted by molar-refractivity contribution is 9.10. The molecular weight excluding hydrogens is 538 g/mol. The van der Waals surface area contributed by atoms with Crippen LogP contribution in [0.2, 0.25) is 0 Å². The van der Waals surface area contributed by atoms with Crippen molar-refractivity contribution in [3.05, 3.63) is 111 Å². The van der Waals surface area contributed by atoms with Gasteiger partial charge in [0.1, 0.15) is 6.61 Å². The van der Waals surface area contributed by atoms with Gasteiger partial charge in [-0.15, -0.1) is 0 Å². The Balaban J connectivity index is 1.32. The number of benzene rings is 4. The second kappa shape index (κ2) is 10.6. The van der Waals surface area contributed by atoms with Gasteiger partial charge in [0, 0.05) is 4.47 Å². The molecule has 7 heteroatoms. The molecule has 180 valence electrons. The number of fused-ring (bicyclic) bond motifs is 1. The Morgan fingerprint density at radius 1 is 0.917 bits per heavy atom. The molecule has 0 bridgehead atoms. The fraction of sp³-hybridized carbons (Fsp3) is 0.103. The smallest absolute Gasteiger partial charge is 0.293 e. The molecule has 1 aliphatic rings. The van der Waals surface area contributed by atoms with Crippen molar-refractivity contribution in [2.75, 3.05) is 7.11 Å². The van der Waals surface area contributed by atoms with Crippen LogP contribution in [0.15, 0.2) is 94.3 Å². The molecule has 0 aliphatic carbocycles. The van der Waals surface area contributed by atoms with Gasteiger partial charge < -0.3 is 9.47 Å². The normalized spacial score (nSPS) is 14.6. The van der Waals surface area contributed by atoms with E-state index in [1.54, 1.807) is 19.3 Å². The van der Waals surface area contributed by atoms with Crippen LogP contribution in [0.3, 0.4) is 0 Å². The maximum Gasteiger partial charge on any atom is 0.293 e. The molecule has 0 aromatic heterocycles. The van der Waals surface area contributed by atoms with E-state index in [0.717, 1.165) is 43.7 Å². The molecule has 0 spiro atoms. The van der Waals surface area contributed by atoms with Crippen LogP contribution < -0.4 is 9.47 Å². The first-order valence-corrected chi connectivity index (χ1v) is 12.9. The predicted molar refractivity (Wildman–Crippen MR) is 147 cm³/mol. The van der Waals surface area contributed by atoms with E-state index < -0.39 is 0 Å². The molecule has 36 heavy (non-hydrogen) atoms. The second-order valence-electron chi connectivity index (χ2n) is 8.24. The van der Waals surface area contributed by atoms with Crippen molar-refractivity contribution in [2.24, 2.45) is 0 Å². The Hall–Kier alpha value is -3.55. The van der Waals surface area contributed by atoms with Gasteiger partial charge in [-0.25, -0.2) is 0 Å². The molecule has 1 saturated heterocycles. The summed E-state index contributed by atoms with van der Waals surface area (Å²) >= 11 is 4.37. The summed E-state index contributed by atoms with van der Waals surface area (Å²) in [5, 5.41) is 2.03. The largest absolute Gasteiger partial charge is 0.493 e. The maximum absolute atomic E-state index is 12.9. The molecule has 0 atom stereocenters. The Morgan fingerprint density at radius 2 is 1.72 bits per heavy atom. The highest BCUT2D eigenvalue weighted by Crippen LogP contribution is 2.36. The zero-order valence-corrected chi connectivity index (χ0v) is 21.8. The molecule has 0 N–H and O–H groups in total. The Kier molecular flexibility index (Phi) is 7.11. The lowest BCUT2D eigenvalue weighted by molar-refractivity contribution is -0.123. The molecule has 5 nitrogen and oxygen atoms in total.